The first-order valence-corrected chi connectivity index (χ1v) is 8.61. The molecule has 0 N–H and O–H groups in total. The van der Waals surface area contributed by atoms with Crippen molar-refractivity contribution in [3.63, 3.8) is 0 Å². The van der Waals surface area contributed by atoms with E-state index in [9.17, 15) is 22.8 Å². The topological polar surface area (TPSA) is 46.6 Å². The zero-order valence-corrected chi connectivity index (χ0v) is 14.8. The van der Waals surface area contributed by atoms with Crippen molar-refractivity contribution in [1.29, 1.82) is 0 Å². The van der Waals surface area contributed by atoms with Gasteiger partial charge in [-0.3, -0.25) is 9.59 Å². The largest absolute Gasteiger partial charge is 0.573 e. The van der Waals surface area contributed by atoms with E-state index in [2.05, 4.69) is 4.74 Å². The van der Waals surface area contributed by atoms with E-state index >= 15 is 0 Å². The summed E-state index contributed by atoms with van der Waals surface area (Å²) in [5.41, 5.74) is 0.923. The minimum atomic E-state index is -4.78. The fraction of sp³-hybridized carbons (Fsp3) is 0.222. The van der Waals surface area contributed by atoms with Crippen LogP contribution in [0, 0.1) is 11.8 Å². The monoisotopic (exact) mass is 415 g/mol. The number of piperidine rings is 1. The summed E-state index contributed by atoms with van der Waals surface area (Å²) in [4.78, 5) is 26.4. The number of halogens is 5. The molecule has 1 saturated heterocycles. The van der Waals surface area contributed by atoms with Gasteiger partial charge in [-0.15, -0.1) is 13.2 Å². The lowest BCUT2D eigenvalue weighted by atomic mass is 10.1. The molecule has 4 rings (SSSR count). The maximum absolute atomic E-state index is 12.7. The molecule has 1 aliphatic carbocycles. The number of ether oxygens (including phenoxy) is 1. The van der Waals surface area contributed by atoms with Crippen LogP contribution < -0.4 is 9.64 Å². The molecular formula is C18H10Cl2F3NO3. The van der Waals surface area contributed by atoms with Crippen LogP contribution in [0.1, 0.15) is 11.5 Å². The third-order valence-electron chi connectivity index (χ3n) is 4.63. The van der Waals surface area contributed by atoms with Gasteiger partial charge in [-0.05, 0) is 35.9 Å². The normalized spacial score (nSPS) is 24.2. The molecule has 0 bridgehead atoms. The Bertz CT molecular complexity index is 904. The number of amides is 2. The third kappa shape index (κ3) is 3.26. The molecule has 1 heterocycles. The van der Waals surface area contributed by atoms with Crippen molar-refractivity contribution >= 4 is 40.7 Å². The molecule has 2 fully saturated rings. The van der Waals surface area contributed by atoms with Crippen LogP contribution in [-0.4, -0.2) is 18.2 Å². The second-order valence-electron chi connectivity index (χ2n) is 6.33. The van der Waals surface area contributed by atoms with Crippen LogP contribution in [0.4, 0.5) is 18.9 Å². The SMILES string of the molecule is O=C1[C@@H]2C(c3ccc(OC(F)(F)F)cc3)[C@@H]2C(=O)N1c1cc(Cl)cc(Cl)c1. The van der Waals surface area contributed by atoms with E-state index in [0.717, 1.165) is 4.90 Å². The van der Waals surface area contributed by atoms with Crippen LogP contribution >= 0.6 is 23.2 Å². The number of alkyl halides is 3. The number of carbonyl (C=O) groups excluding carboxylic acids is 2. The molecule has 0 spiro atoms. The summed E-state index contributed by atoms with van der Waals surface area (Å²) in [6.45, 7) is 0. The Morgan fingerprint density at radius 1 is 0.852 bits per heavy atom. The molecular weight excluding hydrogens is 406 g/mol. The Kier molecular flexibility index (Phi) is 4.12. The van der Waals surface area contributed by atoms with Crippen molar-refractivity contribution < 1.29 is 27.5 Å². The molecule has 1 aliphatic heterocycles. The molecule has 2 aromatic carbocycles. The fourth-order valence-corrected chi connectivity index (χ4v) is 4.08. The van der Waals surface area contributed by atoms with Gasteiger partial charge < -0.3 is 4.74 Å². The second kappa shape index (κ2) is 6.14. The summed E-state index contributed by atoms with van der Waals surface area (Å²) >= 11 is 11.9. The average molecular weight is 416 g/mol. The Hall–Kier alpha value is -2.25. The van der Waals surface area contributed by atoms with Crippen molar-refractivity contribution in [3.05, 3.63) is 58.1 Å². The zero-order chi connectivity index (χ0) is 19.5. The van der Waals surface area contributed by atoms with E-state index in [-0.39, 0.29) is 23.5 Å². The average Bonchev–Trinajstić information content (AvgIpc) is 3.22. The molecule has 4 nitrogen and oxygen atoms in total. The lowest BCUT2D eigenvalue weighted by molar-refractivity contribution is -0.274. The van der Waals surface area contributed by atoms with Crippen molar-refractivity contribution in [2.24, 2.45) is 11.8 Å². The summed E-state index contributed by atoms with van der Waals surface area (Å²) in [7, 11) is 0. The highest BCUT2D eigenvalue weighted by atomic mass is 35.5. The fourth-order valence-electron chi connectivity index (χ4n) is 3.56. The summed E-state index contributed by atoms with van der Waals surface area (Å²) in [6, 6.07) is 9.65. The molecule has 140 valence electrons. The third-order valence-corrected chi connectivity index (χ3v) is 5.07. The van der Waals surface area contributed by atoms with Gasteiger partial charge in [0.15, 0.2) is 0 Å². The lowest BCUT2D eigenvalue weighted by Gasteiger charge is -2.19. The van der Waals surface area contributed by atoms with Crippen LogP contribution in [0.3, 0.4) is 0 Å². The Morgan fingerprint density at radius 2 is 1.37 bits per heavy atom. The standard InChI is InChI=1S/C18H10Cl2F3NO3/c19-9-5-10(20)7-11(6-9)24-16(25)14-13(15(14)17(24)26)8-1-3-12(4-2-8)27-18(21,22)23/h1-7,13-15H/t13?,14-,15+. The molecule has 0 radical (unpaired) electrons. The first kappa shape index (κ1) is 18.1. The number of benzene rings is 2. The minimum absolute atomic E-state index is 0.301. The second-order valence-corrected chi connectivity index (χ2v) is 7.21. The van der Waals surface area contributed by atoms with E-state index in [1.165, 1.54) is 42.5 Å². The molecule has 9 heteroatoms. The van der Waals surface area contributed by atoms with Gasteiger partial charge in [-0.1, -0.05) is 35.3 Å². The van der Waals surface area contributed by atoms with Crippen molar-refractivity contribution in [3.8, 4) is 5.75 Å². The summed E-state index contributed by atoms with van der Waals surface area (Å²) in [5.74, 6) is -2.53. The first-order chi connectivity index (χ1) is 12.7. The van der Waals surface area contributed by atoms with Gasteiger partial charge in [0.25, 0.3) is 0 Å². The van der Waals surface area contributed by atoms with Gasteiger partial charge >= 0.3 is 6.36 Å². The van der Waals surface area contributed by atoms with Gasteiger partial charge in [-0.25, -0.2) is 4.90 Å². The van der Waals surface area contributed by atoms with E-state index < -0.39 is 18.2 Å². The van der Waals surface area contributed by atoms with Crippen molar-refractivity contribution in [2.75, 3.05) is 4.90 Å². The molecule has 2 aliphatic rings. The number of anilines is 1. The number of hydrogen-bond donors (Lipinski definition) is 0. The van der Waals surface area contributed by atoms with Crippen LogP contribution in [0.25, 0.3) is 0 Å². The summed E-state index contributed by atoms with van der Waals surface area (Å²) < 4.78 is 40.5. The lowest BCUT2D eigenvalue weighted by Crippen LogP contribution is -2.34. The van der Waals surface area contributed by atoms with Gasteiger partial charge in [0.1, 0.15) is 5.75 Å². The maximum Gasteiger partial charge on any atom is 0.573 e. The van der Waals surface area contributed by atoms with Crippen LogP contribution in [0.15, 0.2) is 42.5 Å². The number of fused-ring (bicyclic) bond motifs is 1. The number of imide groups is 1. The Balaban J connectivity index is 1.53. The molecule has 1 saturated carbocycles. The Morgan fingerprint density at radius 3 is 1.85 bits per heavy atom. The number of nitrogens with zero attached hydrogens (tertiary/aromatic N) is 1. The smallest absolute Gasteiger partial charge is 0.406 e. The van der Waals surface area contributed by atoms with Gasteiger partial charge in [0.05, 0.1) is 17.5 Å². The van der Waals surface area contributed by atoms with Gasteiger partial charge in [0, 0.05) is 16.0 Å². The predicted molar refractivity (Wildman–Crippen MR) is 91.8 cm³/mol. The van der Waals surface area contributed by atoms with E-state index in [1.807, 2.05) is 0 Å². The van der Waals surface area contributed by atoms with Crippen LogP contribution in [-0.2, 0) is 9.59 Å². The minimum Gasteiger partial charge on any atom is -0.406 e. The van der Waals surface area contributed by atoms with E-state index in [4.69, 9.17) is 23.2 Å². The quantitative estimate of drug-likeness (QED) is 0.676. The Labute approximate surface area is 161 Å². The summed E-state index contributed by atoms with van der Waals surface area (Å²) in [6.07, 6.45) is -4.78. The maximum atomic E-state index is 12.7. The highest BCUT2D eigenvalue weighted by Crippen LogP contribution is 2.60. The first-order valence-electron chi connectivity index (χ1n) is 7.85. The molecule has 27 heavy (non-hydrogen) atoms. The molecule has 0 aromatic heterocycles. The molecule has 1 unspecified atom stereocenters. The number of rotatable bonds is 3. The van der Waals surface area contributed by atoms with E-state index in [0.29, 0.717) is 21.3 Å². The van der Waals surface area contributed by atoms with Crippen molar-refractivity contribution in [2.45, 2.75) is 12.3 Å². The summed E-state index contributed by atoms with van der Waals surface area (Å²) in [5, 5.41) is 0.603. The number of carbonyl (C=O) groups is 2. The van der Waals surface area contributed by atoms with Crippen LogP contribution in [0.5, 0.6) is 5.75 Å². The highest BCUT2D eigenvalue weighted by Gasteiger charge is 2.67. The number of hydrogen-bond acceptors (Lipinski definition) is 3. The van der Waals surface area contributed by atoms with Gasteiger partial charge in [-0.2, -0.15) is 0 Å². The van der Waals surface area contributed by atoms with Gasteiger partial charge in [0.2, 0.25) is 11.8 Å². The molecule has 2 aromatic rings. The van der Waals surface area contributed by atoms with E-state index in [1.54, 1.807) is 0 Å². The predicted octanol–water partition coefficient (Wildman–Crippen LogP) is 4.80. The van der Waals surface area contributed by atoms with Crippen molar-refractivity contribution in [1.82, 2.24) is 0 Å². The highest BCUT2D eigenvalue weighted by molar-refractivity contribution is 6.36. The van der Waals surface area contributed by atoms with Crippen LogP contribution in [0.2, 0.25) is 10.0 Å². The molecule has 2 amide bonds. The molecule has 3 atom stereocenters. The zero-order valence-electron chi connectivity index (χ0n) is 13.3.